The van der Waals surface area contributed by atoms with Crippen molar-refractivity contribution in [2.75, 3.05) is 16.4 Å². The standard InChI is InChI=1S/C14H16N4O2S/c1-2-12(19)16-9-4-3-5-10(6-9)17-13(20)7-11-8-21-14(15)18-11/h3-6,8H,2,7H2,1H3,(H2,15,18)(H,16,19)(H,17,20). The molecule has 0 aliphatic carbocycles. The highest BCUT2D eigenvalue weighted by Crippen LogP contribution is 2.16. The predicted molar refractivity (Wildman–Crippen MR) is 84.2 cm³/mol. The molecule has 2 aromatic rings. The number of nitrogens with two attached hydrogens (primary N) is 1. The van der Waals surface area contributed by atoms with Crippen molar-refractivity contribution in [3.05, 3.63) is 35.3 Å². The third-order valence-corrected chi connectivity index (χ3v) is 3.39. The summed E-state index contributed by atoms with van der Waals surface area (Å²) in [5.41, 5.74) is 7.44. The fraction of sp³-hybridized carbons (Fsp3) is 0.214. The quantitative estimate of drug-likeness (QED) is 0.789. The first-order chi connectivity index (χ1) is 10.1. The van der Waals surface area contributed by atoms with E-state index in [1.165, 1.54) is 11.3 Å². The highest BCUT2D eigenvalue weighted by Gasteiger charge is 2.08. The molecule has 0 atom stereocenters. The Morgan fingerprint density at radius 1 is 1.24 bits per heavy atom. The molecule has 1 heterocycles. The Balaban J connectivity index is 1.97. The second-order valence-corrected chi connectivity index (χ2v) is 5.27. The molecular formula is C14H16N4O2S. The Morgan fingerprint density at radius 2 is 1.90 bits per heavy atom. The van der Waals surface area contributed by atoms with Crippen molar-refractivity contribution >= 4 is 39.7 Å². The van der Waals surface area contributed by atoms with Crippen LogP contribution in [0.15, 0.2) is 29.6 Å². The van der Waals surface area contributed by atoms with Gasteiger partial charge < -0.3 is 16.4 Å². The van der Waals surface area contributed by atoms with Gasteiger partial charge in [-0.3, -0.25) is 9.59 Å². The van der Waals surface area contributed by atoms with Crippen LogP contribution in [0.2, 0.25) is 0 Å². The molecule has 0 radical (unpaired) electrons. The number of benzene rings is 1. The summed E-state index contributed by atoms with van der Waals surface area (Å²) < 4.78 is 0. The van der Waals surface area contributed by atoms with Crippen molar-refractivity contribution in [3.8, 4) is 0 Å². The Hall–Kier alpha value is -2.41. The second kappa shape index (κ2) is 6.85. The first kappa shape index (κ1) is 15.0. The molecule has 21 heavy (non-hydrogen) atoms. The summed E-state index contributed by atoms with van der Waals surface area (Å²) in [6.45, 7) is 1.78. The Kier molecular flexibility index (Phi) is 4.89. The SMILES string of the molecule is CCC(=O)Nc1cccc(NC(=O)Cc2csc(N)n2)c1. The lowest BCUT2D eigenvalue weighted by molar-refractivity contribution is -0.116. The minimum absolute atomic E-state index is 0.0728. The lowest BCUT2D eigenvalue weighted by atomic mass is 10.2. The number of thiazole rings is 1. The van der Waals surface area contributed by atoms with Crippen molar-refractivity contribution in [1.82, 2.24) is 4.98 Å². The van der Waals surface area contributed by atoms with Crippen LogP contribution in [0.3, 0.4) is 0 Å². The number of hydrogen-bond acceptors (Lipinski definition) is 5. The molecule has 7 heteroatoms. The van der Waals surface area contributed by atoms with Crippen LogP contribution in [-0.4, -0.2) is 16.8 Å². The van der Waals surface area contributed by atoms with Crippen molar-refractivity contribution in [2.24, 2.45) is 0 Å². The van der Waals surface area contributed by atoms with Crippen molar-refractivity contribution in [3.63, 3.8) is 0 Å². The maximum absolute atomic E-state index is 11.9. The minimum Gasteiger partial charge on any atom is -0.375 e. The molecule has 0 unspecified atom stereocenters. The van der Waals surface area contributed by atoms with Crippen molar-refractivity contribution < 1.29 is 9.59 Å². The summed E-state index contributed by atoms with van der Waals surface area (Å²) in [4.78, 5) is 27.3. The van der Waals surface area contributed by atoms with E-state index >= 15 is 0 Å². The van der Waals surface area contributed by atoms with Gasteiger partial charge in [0.05, 0.1) is 12.1 Å². The zero-order valence-corrected chi connectivity index (χ0v) is 12.4. The number of hydrogen-bond donors (Lipinski definition) is 3. The van der Waals surface area contributed by atoms with Gasteiger partial charge in [-0.1, -0.05) is 13.0 Å². The van der Waals surface area contributed by atoms with Crippen LogP contribution >= 0.6 is 11.3 Å². The van der Waals surface area contributed by atoms with Crippen LogP contribution in [0, 0.1) is 0 Å². The number of carbonyl (C=O) groups excluding carboxylic acids is 2. The highest BCUT2D eigenvalue weighted by atomic mass is 32.1. The van der Waals surface area contributed by atoms with Crippen LogP contribution in [0.5, 0.6) is 0 Å². The van der Waals surface area contributed by atoms with Gasteiger partial charge in [0.2, 0.25) is 11.8 Å². The molecule has 0 saturated heterocycles. The van der Waals surface area contributed by atoms with Gasteiger partial charge in [-0.2, -0.15) is 0 Å². The fourth-order valence-electron chi connectivity index (χ4n) is 1.70. The average molecular weight is 304 g/mol. The number of nitrogens with zero attached hydrogens (tertiary/aromatic N) is 1. The van der Waals surface area contributed by atoms with E-state index in [1.54, 1.807) is 36.6 Å². The van der Waals surface area contributed by atoms with E-state index in [1.807, 2.05) is 0 Å². The molecule has 2 rings (SSSR count). The lowest BCUT2D eigenvalue weighted by Crippen LogP contribution is -2.15. The van der Waals surface area contributed by atoms with E-state index in [0.717, 1.165) is 0 Å². The van der Waals surface area contributed by atoms with Crippen LogP contribution in [0.4, 0.5) is 16.5 Å². The summed E-state index contributed by atoms with van der Waals surface area (Å²) in [5, 5.41) is 7.71. The zero-order chi connectivity index (χ0) is 15.2. The van der Waals surface area contributed by atoms with E-state index in [0.29, 0.717) is 28.6 Å². The number of nitrogen functional groups attached to an aromatic ring is 1. The molecule has 2 amide bonds. The molecule has 110 valence electrons. The summed E-state index contributed by atoms with van der Waals surface area (Å²) in [6.07, 6.45) is 0.571. The normalized spacial score (nSPS) is 10.1. The van der Waals surface area contributed by atoms with Gasteiger partial charge in [0.15, 0.2) is 5.13 Å². The number of nitrogens with one attached hydrogen (secondary N) is 2. The number of aromatic nitrogens is 1. The molecule has 0 aliphatic heterocycles. The fourth-order valence-corrected chi connectivity index (χ4v) is 2.26. The Bertz CT molecular complexity index is 654. The number of anilines is 3. The van der Waals surface area contributed by atoms with E-state index in [9.17, 15) is 9.59 Å². The Labute approximate surface area is 126 Å². The third kappa shape index (κ3) is 4.57. The summed E-state index contributed by atoms with van der Waals surface area (Å²) >= 11 is 1.30. The highest BCUT2D eigenvalue weighted by molar-refractivity contribution is 7.13. The summed E-state index contributed by atoms with van der Waals surface area (Å²) in [6, 6.07) is 7.00. The van der Waals surface area contributed by atoms with Gasteiger partial charge in [-0.25, -0.2) is 4.98 Å². The third-order valence-electron chi connectivity index (χ3n) is 2.66. The molecule has 0 aliphatic rings. The van der Waals surface area contributed by atoms with Crippen molar-refractivity contribution in [1.29, 1.82) is 0 Å². The van der Waals surface area contributed by atoms with E-state index in [4.69, 9.17) is 5.73 Å². The molecule has 0 spiro atoms. The molecule has 6 nitrogen and oxygen atoms in total. The lowest BCUT2D eigenvalue weighted by Gasteiger charge is -2.07. The van der Waals surface area contributed by atoms with Crippen LogP contribution < -0.4 is 16.4 Å². The first-order valence-corrected chi connectivity index (χ1v) is 7.34. The number of rotatable bonds is 5. The minimum atomic E-state index is -0.181. The van der Waals surface area contributed by atoms with Crippen LogP contribution in [0.25, 0.3) is 0 Å². The number of amides is 2. The van der Waals surface area contributed by atoms with E-state index in [-0.39, 0.29) is 18.2 Å². The van der Waals surface area contributed by atoms with Gasteiger partial charge in [-0.05, 0) is 18.2 Å². The van der Waals surface area contributed by atoms with Crippen molar-refractivity contribution in [2.45, 2.75) is 19.8 Å². The monoisotopic (exact) mass is 304 g/mol. The van der Waals surface area contributed by atoms with Crippen LogP contribution in [-0.2, 0) is 16.0 Å². The maximum Gasteiger partial charge on any atom is 0.230 e. The maximum atomic E-state index is 11.9. The second-order valence-electron chi connectivity index (χ2n) is 4.38. The van der Waals surface area contributed by atoms with Gasteiger partial charge in [-0.15, -0.1) is 11.3 Å². The van der Waals surface area contributed by atoms with Gasteiger partial charge >= 0.3 is 0 Å². The smallest absolute Gasteiger partial charge is 0.230 e. The first-order valence-electron chi connectivity index (χ1n) is 6.46. The topological polar surface area (TPSA) is 97.1 Å². The molecular weight excluding hydrogens is 288 g/mol. The molecule has 0 fully saturated rings. The Morgan fingerprint density at radius 3 is 2.48 bits per heavy atom. The van der Waals surface area contributed by atoms with E-state index in [2.05, 4.69) is 15.6 Å². The molecule has 0 saturated carbocycles. The van der Waals surface area contributed by atoms with E-state index < -0.39 is 0 Å². The summed E-state index contributed by atoms with van der Waals surface area (Å²) in [5.74, 6) is -0.254. The predicted octanol–water partition coefficient (Wildman–Crippen LogP) is 2.25. The average Bonchev–Trinajstić information content (AvgIpc) is 2.84. The zero-order valence-electron chi connectivity index (χ0n) is 11.6. The van der Waals surface area contributed by atoms with Gasteiger partial charge in [0, 0.05) is 23.2 Å². The van der Waals surface area contributed by atoms with Gasteiger partial charge in [0.25, 0.3) is 0 Å². The molecule has 1 aromatic heterocycles. The van der Waals surface area contributed by atoms with Gasteiger partial charge in [0.1, 0.15) is 0 Å². The number of carbonyl (C=O) groups is 2. The largest absolute Gasteiger partial charge is 0.375 e. The molecule has 4 N–H and O–H groups in total. The molecule has 1 aromatic carbocycles. The summed E-state index contributed by atoms with van der Waals surface area (Å²) in [7, 11) is 0. The van der Waals surface area contributed by atoms with Crippen LogP contribution in [0.1, 0.15) is 19.0 Å². The molecule has 0 bridgehead atoms.